The molecule has 1 fully saturated rings. The standard InChI is InChI=1S/C20H18BrN3O2S/c21-16-11-5-4-10-15(16)18-22-23-20(26-18)27-17(14-8-2-1-3-9-14)19(25)24-12-6-7-13-24/h1-5,8-11,17H,6-7,12-13H2/t17-/m0/s1. The highest BCUT2D eigenvalue weighted by molar-refractivity contribution is 9.10. The minimum atomic E-state index is -0.392. The highest BCUT2D eigenvalue weighted by Crippen LogP contribution is 2.38. The Bertz CT molecular complexity index is 926. The molecular formula is C20H18BrN3O2S. The highest BCUT2D eigenvalue weighted by Gasteiger charge is 2.30. The maximum atomic E-state index is 13.1. The first-order chi connectivity index (χ1) is 13.2. The van der Waals surface area contributed by atoms with Crippen LogP contribution in [0.3, 0.4) is 0 Å². The van der Waals surface area contributed by atoms with Gasteiger partial charge in [-0.1, -0.05) is 42.5 Å². The number of halogens is 1. The molecule has 1 aliphatic rings. The fraction of sp³-hybridized carbons (Fsp3) is 0.250. The highest BCUT2D eigenvalue weighted by atomic mass is 79.9. The lowest BCUT2D eigenvalue weighted by molar-refractivity contribution is -0.129. The first-order valence-electron chi connectivity index (χ1n) is 8.81. The molecule has 138 valence electrons. The fourth-order valence-electron chi connectivity index (χ4n) is 3.09. The summed E-state index contributed by atoms with van der Waals surface area (Å²) in [4.78, 5) is 15.0. The Morgan fingerprint density at radius 3 is 2.48 bits per heavy atom. The van der Waals surface area contributed by atoms with E-state index in [0.717, 1.165) is 41.5 Å². The van der Waals surface area contributed by atoms with Crippen molar-refractivity contribution < 1.29 is 9.21 Å². The predicted molar refractivity (Wildman–Crippen MR) is 108 cm³/mol. The largest absolute Gasteiger partial charge is 0.411 e. The Kier molecular flexibility index (Phi) is 5.59. The van der Waals surface area contributed by atoms with Gasteiger partial charge in [0.15, 0.2) is 0 Å². The van der Waals surface area contributed by atoms with Crippen molar-refractivity contribution in [3.8, 4) is 11.5 Å². The third kappa shape index (κ3) is 4.09. The molecule has 0 unspecified atom stereocenters. The Balaban J connectivity index is 1.60. The van der Waals surface area contributed by atoms with Crippen molar-refractivity contribution in [3.63, 3.8) is 0 Å². The van der Waals surface area contributed by atoms with Gasteiger partial charge in [0, 0.05) is 17.6 Å². The van der Waals surface area contributed by atoms with Crippen LogP contribution in [0.15, 0.2) is 68.7 Å². The number of likely N-dealkylation sites (tertiary alicyclic amines) is 1. The van der Waals surface area contributed by atoms with Gasteiger partial charge in [-0.15, -0.1) is 10.2 Å². The molecule has 0 N–H and O–H groups in total. The van der Waals surface area contributed by atoms with Gasteiger partial charge in [0.05, 0.1) is 5.56 Å². The minimum absolute atomic E-state index is 0.101. The zero-order valence-corrected chi connectivity index (χ0v) is 16.9. The van der Waals surface area contributed by atoms with Crippen LogP contribution in [0.2, 0.25) is 0 Å². The van der Waals surface area contributed by atoms with Gasteiger partial charge in [-0.05, 0) is 58.2 Å². The number of hydrogen-bond donors (Lipinski definition) is 0. The number of thioether (sulfide) groups is 1. The second-order valence-electron chi connectivity index (χ2n) is 6.29. The molecule has 7 heteroatoms. The number of hydrogen-bond acceptors (Lipinski definition) is 5. The Morgan fingerprint density at radius 1 is 1.04 bits per heavy atom. The lowest BCUT2D eigenvalue weighted by Crippen LogP contribution is -2.31. The van der Waals surface area contributed by atoms with Crippen LogP contribution in [0.5, 0.6) is 0 Å². The zero-order valence-electron chi connectivity index (χ0n) is 14.5. The van der Waals surface area contributed by atoms with Crippen LogP contribution in [0.25, 0.3) is 11.5 Å². The minimum Gasteiger partial charge on any atom is -0.411 e. The first kappa shape index (κ1) is 18.3. The summed E-state index contributed by atoms with van der Waals surface area (Å²) >= 11 is 4.81. The molecule has 0 spiro atoms. The Hall–Kier alpha value is -2.12. The van der Waals surface area contributed by atoms with E-state index in [-0.39, 0.29) is 5.91 Å². The van der Waals surface area contributed by atoms with Gasteiger partial charge < -0.3 is 9.32 Å². The monoisotopic (exact) mass is 443 g/mol. The van der Waals surface area contributed by atoms with E-state index < -0.39 is 5.25 Å². The molecule has 4 rings (SSSR count). The van der Waals surface area contributed by atoms with Crippen LogP contribution in [-0.2, 0) is 4.79 Å². The van der Waals surface area contributed by atoms with Crippen LogP contribution in [0.4, 0.5) is 0 Å². The van der Waals surface area contributed by atoms with Gasteiger partial charge in [-0.2, -0.15) is 0 Å². The van der Waals surface area contributed by atoms with Crippen molar-refractivity contribution in [2.45, 2.75) is 23.3 Å². The molecule has 0 aliphatic carbocycles. The van der Waals surface area contributed by atoms with E-state index in [1.165, 1.54) is 11.8 Å². The number of rotatable bonds is 5. The lowest BCUT2D eigenvalue weighted by Gasteiger charge is -2.22. The molecule has 1 aromatic heterocycles. The van der Waals surface area contributed by atoms with Gasteiger partial charge >= 0.3 is 0 Å². The average molecular weight is 444 g/mol. The quantitative estimate of drug-likeness (QED) is 0.521. The number of amides is 1. The van der Waals surface area contributed by atoms with Crippen molar-refractivity contribution >= 4 is 33.6 Å². The van der Waals surface area contributed by atoms with Crippen molar-refractivity contribution in [1.29, 1.82) is 0 Å². The van der Waals surface area contributed by atoms with Crippen LogP contribution in [-0.4, -0.2) is 34.1 Å². The molecule has 0 saturated carbocycles. The molecule has 2 aromatic carbocycles. The SMILES string of the molecule is O=C([C@@H](Sc1nnc(-c2ccccc2Br)o1)c1ccccc1)N1CCCC1. The third-order valence-corrected chi connectivity index (χ3v) is 6.24. The second kappa shape index (κ2) is 8.27. The van der Waals surface area contributed by atoms with E-state index in [9.17, 15) is 4.79 Å². The van der Waals surface area contributed by atoms with Crippen LogP contribution < -0.4 is 0 Å². The van der Waals surface area contributed by atoms with Crippen molar-refractivity contribution in [3.05, 3.63) is 64.6 Å². The first-order valence-corrected chi connectivity index (χ1v) is 10.5. The number of aromatic nitrogens is 2. The average Bonchev–Trinajstić information content (AvgIpc) is 3.39. The number of benzene rings is 2. The van der Waals surface area contributed by atoms with Crippen LogP contribution >= 0.6 is 27.7 Å². The normalized spacial score (nSPS) is 15.1. The molecule has 1 atom stereocenters. The predicted octanol–water partition coefficient (Wildman–Crippen LogP) is 4.95. The zero-order chi connectivity index (χ0) is 18.6. The van der Waals surface area contributed by atoms with E-state index in [1.807, 2.05) is 59.5 Å². The number of carbonyl (C=O) groups is 1. The van der Waals surface area contributed by atoms with Gasteiger partial charge in [-0.25, -0.2) is 0 Å². The maximum absolute atomic E-state index is 13.1. The van der Waals surface area contributed by atoms with E-state index in [2.05, 4.69) is 26.1 Å². The maximum Gasteiger partial charge on any atom is 0.277 e. The van der Waals surface area contributed by atoms with Gasteiger partial charge in [-0.3, -0.25) is 4.79 Å². The van der Waals surface area contributed by atoms with Crippen molar-refractivity contribution in [2.75, 3.05) is 13.1 Å². The molecule has 0 radical (unpaired) electrons. The molecule has 1 amide bonds. The molecule has 27 heavy (non-hydrogen) atoms. The molecule has 3 aromatic rings. The Morgan fingerprint density at radius 2 is 1.74 bits per heavy atom. The smallest absolute Gasteiger partial charge is 0.277 e. The molecule has 0 bridgehead atoms. The van der Waals surface area contributed by atoms with Crippen LogP contribution in [0.1, 0.15) is 23.7 Å². The van der Waals surface area contributed by atoms with Gasteiger partial charge in [0.1, 0.15) is 5.25 Å². The van der Waals surface area contributed by atoms with Gasteiger partial charge in [0.25, 0.3) is 5.22 Å². The lowest BCUT2D eigenvalue weighted by atomic mass is 10.1. The summed E-state index contributed by atoms with van der Waals surface area (Å²) in [5.41, 5.74) is 1.78. The summed E-state index contributed by atoms with van der Waals surface area (Å²) in [6, 6.07) is 17.5. The molecule has 1 aliphatic heterocycles. The van der Waals surface area contributed by atoms with Crippen LogP contribution in [0, 0.1) is 0 Å². The summed E-state index contributed by atoms with van der Waals surface area (Å²) in [6.07, 6.45) is 2.12. The number of nitrogens with zero attached hydrogens (tertiary/aromatic N) is 3. The summed E-state index contributed by atoms with van der Waals surface area (Å²) < 4.78 is 6.74. The third-order valence-electron chi connectivity index (χ3n) is 4.47. The van der Waals surface area contributed by atoms with Crippen molar-refractivity contribution in [1.82, 2.24) is 15.1 Å². The summed E-state index contributed by atoms with van der Waals surface area (Å²) in [5, 5.41) is 8.32. The van der Waals surface area contributed by atoms with Gasteiger partial charge in [0.2, 0.25) is 11.8 Å². The fourth-order valence-corrected chi connectivity index (χ4v) is 4.51. The van der Waals surface area contributed by atoms with E-state index in [4.69, 9.17) is 4.42 Å². The Labute approximate surface area is 170 Å². The summed E-state index contributed by atoms with van der Waals surface area (Å²) in [5.74, 6) is 0.537. The molecule has 5 nitrogen and oxygen atoms in total. The molecular weight excluding hydrogens is 426 g/mol. The summed E-state index contributed by atoms with van der Waals surface area (Å²) in [6.45, 7) is 1.63. The van der Waals surface area contributed by atoms with E-state index >= 15 is 0 Å². The molecule has 1 saturated heterocycles. The second-order valence-corrected chi connectivity index (χ2v) is 8.20. The van der Waals surface area contributed by atoms with E-state index in [1.54, 1.807) is 0 Å². The number of carbonyl (C=O) groups excluding carboxylic acids is 1. The van der Waals surface area contributed by atoms with Crippen molar-refractivity contribution in [2.24, 2.45) is 0 Å². The molecule has 2 heterocycles. The topological polar surface area (TPSA) is 59.2 Å². The summed E-state index contributed by atoms with van der Waals surface area (Å²) in [7, 11) is 0. The van der Waals surface area contributed by atoms with E-state index in [0.29, 0.717) is 11.1 Å².